The molecule has 0 radical (unpaired) electrons. The minimum Gasteiger partial charge on any atom is -0.352 e. The first-order valence-corrected chi connectivity index (χ1v) is 9.24. The highest BCUT2D eigenvalue weighted by atomic mass is 16.2. The van der Waals surface area contributed by atoms with E-state index in [-0.39, 0.29) is 17.7 Å². The van der Waals surface area contributed by atoms with Gasteiger partial charge in [-0.15, -0.1) is 0 Å². The first kappa shape index (κ1) is 18.7. The van der Waals surface area contributed by atoms with Gasteiger partial charge in [-0.05, 0) is 36.1 Å². The molecule has 5 nitrogen and oxygen atoms in total. The van der Waals surface area contributed by atoms with E-state index in [1.807, 2.05) is 47.4 Å². The Kier molecular flexibility index (Phi) is 6.22. The van der Waals surface area contributed by atoms with E-state index >= 15 is 0 Å². The number of likely N-dealkylation sites (tertiary alicyclic amines) is 1. The summed E-state index contributed by atoms with van der Waals surface area (Å²) in [4.78, 5) is 26.9. The molecule has 1 heterocycles. The van der Waals surface area contributed by atoms with Gasteiger partial charge in [0.15, 0.2) is 0 Å². The van der Waals surface area contributed by atoms with Gasteiger partial charge in [-0.3, -0.25) is 9.59 Å². The van der Waals surface area contributed by atoms with E-state index in [2.05, 4.69) is 11.4 Å². The third-order valence-corrected chi connectivity index (χ3v) is 4.89. The average Bonchev–Trinajstić information content (AvgIpc) is 2.73. The summed E-state index contributed by atoms with van der Waals surface area (Å²) in [5, 5.41) is 11.8. The third kappa shape index (κ3) is 5.18. The van der Waals surface area contributed by atoms with Gasteiger partial charge in [0.2, 0.25) is 11.8 Å². The number of piperidine rings is 1. The Labute approximate surface area is 159 Å². The number of carbonyl (C=O) groups excluding carboxylic acids is 2. The minimum absolute atomic E-state index is 0.0171. The maximum absolute atomic E-state index is 12.5. The number of rotatable bonds is 5. The van der Waals surface area contributed by atoms with Crippen molar-refractivity contribution in [2.24, 2.45) is 5.92 Å². The maximum Gasteiger partial charge on any atom is 0.227 e. The maximum atomic E-state index is 12.5. The molecule has 2 aromatic rings. The molecule has 5 heteroatoms. The summed E-state index contributed by atoms with van der Waals surface area (Å²) in [6, 6.07) is 18.9. The minimum atomic E-state index is -0.170. The van der Waals surface area contributed by atoms with Crippen molar-refractivity contribution in [1.82, 2.24) is 10.2 Å². The number of hydrogen-bond donors (Lipinski definition) is 1. The molecule has 1 atom stereocenters. The van der Waals surface area contributed by atoms with Crippen LogP contribution in [0.4, 0.5) is 0 Å². The number of benzene rings is 2. The molecule has 138 valence electrons. The molecule has 2 amide bonds. The van der Waals surface area contributed by atoms with Crippen molar-refractivity contribution in [2.45, 2.75) is 25.8 Å². The SMILES string of the molecule is N#Cc1ccc(CNC(=O)C2CCCN(C(=O)Cc3ccccc3)C2)cc1. The second kappa shape index (κ2) is 9.00. The monoisotopic (exact) mass is 361 g/mol. The first-order valence-electron chi connectivity index (χ1n) is 9.24. The number of carbonyl (C=O) groups is 2. The highest BCUT2D eigenvalue weighted by Gasteiger charge is 2.28. The predicted octanol–water partition coefficient (Wildman–Crippen LogP) is 2.66. The lowest BCUT2D eigenvalue weighted by Crippen LogP contribution is -2.45. The lowest BCUT2D eigenvalue weighted by molar-refractivity contribution is -0.135. The number of hydrogen-bond acceptors (Lipinski definition) is 3. The van der Waals surface area contributed by atoms with Crippen molar-refractivity contribution in [1.29, 1.82) is 5.26 Å². The zero-order chi connectivity index (χ0) is 19.1. The van der Waals surface area contributed by atoms with Gasteiger partial charge in [0.25, 0.3) is 0 Å². The number of nitrogens with zero attached hydrogens (tertiary/aromatic N) is 2. The van der Waals surface area contributed by atoms with E-state index in [4.69, 9.17) is 5.26 Å². The van der Waals surface area contributed by atoms with Gasteiger partial charge in [0.05, 0.1) is 24.0 Å². The zero-order valence-corrected chi connectivity index (χ0v) is 15.2. The van der Waals surface area contributed by atoms with Gasteiger partial charge in [-0.2, -0.15) is 5.26 Å². The van der Waals surface area contributed by atoms with Gasteiger partial charge >= 0.3 is 0 Å². The van der Waals surface area contributed by atoms with Gasteiger partial charge in [-0.25, -0.2) is 0 Å². The largest absolute Gasteiger partial charge is 0.352 e. The van der Waals surface area contributed by atoms with Crippen LogP contribution in [0, 0.1) is 17.2 Å². The molecule has 1 N–H and O–H groups in total. The van der Waals surface area contributed by atoms with Crippen LogP contribution >= 0.6 is 0 Å². The number of nitrogens with one attached hydrogen (secondary N) is 1. The fourth-order valence-electron chi connectivity index (χ4n) is 3.33. The fraction of sp³-hybridized carbons (Fsp3) is 0.318. The fourth-order valence-corrected chi connectivity index (χ4v) is 3.33. The Morgan fingerprint density at radius 2 is 1.81 bits per heavy atom. The van der Waals surface area contributed by atoms with Crippen molar-refractivity contribution in [3.8, 4) is 6.07 Å². The van der Waals surface area contributed by atoms with E-state index in [0.29, 0.717) is 31.6 Å². The molecule has 3 rings (SSSR count). The van der Waals surface area contributed by atoms with Gasteiger partial charge in [0, 0.05) is 19.6 Å². The molecule has 1 unspecified atom stereocenters. The Morgan fingerprint density at radius 1 is 1.07 bits per heavy atom. The smallest absolute Gasteiger partial charge is 0.227 e. The van der Waals surface area contributed by atoms with Crippen LogP contribution in [0.15, 0.2) is 54.6 Å². The summed E-state index contributed by atoms with van der Waals surface area (Å²) in [5.41, 5.74) is 2.55. The summed E-state index contributed by atoms with van der Waals surface area (Å²) in [6.45, 7) is 1.62. The molecule has 0 saturated carbocycles. The van der Waals surface area contributed by atoms with Gasteiger partial charge < -0.3 is 10.2 Å². The average molecular weight is 361 g/mol. The van der Waals surface area contributed by atoms with Crippen LogP contribution < -0.4 is 5.32 Å². The molecule has 0 aliphatic carbocycles. The Bertz CT molecular complexity index is 825. The van der Waals surface area contributed by atoms with Crippen LogP contribution in [0.25, 0.3) is 0 Å². The molecule has 0 aromatic heterocycles. The molecule has 1 saturated heterocycles. The normalized spacial score (nSPS) is 16.4. The third-order valence-electron chi connectivity index (χ3n) is 4.89. The van der Waals surface area contributed by atoms with Crippen molar-refractivity contribution in [2.75, 3.05) is 13.1 Å². The predicted molar refractivity (Wildman–Crippen MR) is 102 cm³/mol. The second-order valence-electron chi connectivity index (χ2n) is 6.87. The van der Waals surface area contributed by atoms with E-state index in [0.717, 1.165) is 24.0 Å². The molecule has 0 spiro atoms. The highest BCUT2D eigenvalue weighted by molar-refractivity contribution is 5.82. The quantitative estimate of drug-likeness (QED) is 0.890. The second-order valence-corrected chi connectivity index (χ2v) is 6.87. The van der Waals surface area contributed by atoms with Crippen molar-refractivity contribution in [3.05, 3.63) is 71.3 Å². The van der Waals surface area contributed by atoms with Crippen LogP contribution in [0.3, 0.4) is 0 Å². The zero-order valence-electron chi connectivity index (χ0n) is 15.2. The molecular weight excluding hydrogens is 338 g/mol. The Morgan fingerprint density at radius 3 is 2.52 bits per heavy atom. The Hall–Kier alpha value is -3.13. The molecule has 27 heavy (non-hydrogen) atoms. The molecular formula is C22H23N3O2. The van der Waals surface area contributed by atoms with Gasteiger partial charge in [0.1, 0.15) is 0 Å². The number of nitriles is 1. The van der Waals surface area contributed by atoms with Crippen LogP contribution in [0.2, 0.25) is 0 Å². The number of amides is 2. The highest BCUT2D eigenvalue weighted by Crippen LogP contribution is 2.18. The summed E-state index contributed by atoms with van der Waals surface area (Å²) in [5.74, 6) is -0.112. The van der Waals surface area contributed by atoms with E-state index in [1.54, 1.807) is 12.1 Å². The molecule has 2 aromatic carbocycles. The Balaban J connectivity index is 1.51. The summed E-state index contributed by atoms with van der Waals surface area (Å²) >= 11 is 0. The topological polar surface area (TPSA) is 73.2 Å². The molecule has 0 bridgehead atoms. The lowest BCUT2D eigenvalue weighted by Gasteiger charge is -2.32. The standard InChI is InChI=1S/C22H23N3O2/c23-14-18-8-10-19(11-9-18)15-24-22(27)20-7-4-12-25(16-20)21(26)13-17-5-2-1-3-6-17/h1-3,5-6,8-11,20H,4,7,12-13,15-16H2,(H,24,27). The van der Waals surface area contributed by atoms with E-state index < -0.39 is 0 Å². The van der Waals surface area contributed by atoms with Crippen LogP contribution in [0.5, 0.6) is 0 Å². The summed E-state index contributed by atoms with van der Waals surface area (Å²) in [7, 11) is 0. The van der Waals surface area contributed by atoms with Crippen LogP contribution in [0.1, 0.15) is 29.5 Å². The van der Waals surface area contributed by atoms with E-state index in [9.17, 15) is 9.59 Å². The van der Waals surface area contributed by atoms with Crippen molar-refractivity contribution < 1.29 is 9.59 Å². The van der Waals surface area contributed by atoms with Crippen molar-refractivity contribution >= 4 is 11.8 Å². The van der Waals surface area contributed by atoms with Crippen LogP contribution in [-0.4, -0.2) is 29.8 Å². The molecule has 1 aliphatic rings. The van der Waals surface area contributed by atoms with Gasteiger partial charge in [-0.1, -0.05) is 42.5 Å². The molecule has 1 aliphatic heterocycles. The first-order chi connectivity index (χ1) is 13.2. The summed E-state index contributed by atoms with van der Waals surface area (Å²) in [6.07, 6.45) is 2.02. The van der Waals surface area contributed by atoms with E-state index in [1.165, 1.54) is 0 Å². The lowest BCUT2D eigenvalue weighted by atomic mass is 9.96. The summed E-state index contributed by atoms with van der Waals surface area (Å²) < 4.78 is 0. The van der Waals surface area contributed by atoms with Crippen LogP contribution in [-0.2, 0) is 22.6 Å². The van der Waals surface area contributed by atoms with Crippen molar-refractivity contribution in [3.63, 3.8) is 0 Å². The molecule has 1 fully saturated rings.